The van der Waals surface area contributed by atoms with E-state index in [1.807, 2.05) is 0 Å². The fourth-order valence-electron chi connectivity index (χ4n) is 3.15. The van der Waals surface area contributed by atoms with Crippen LogP contribution >= 0.6 is 7.37 Å². The van der Waals surface area contributed by atoms with Crippen LogP contribution in [-0.2, 0) is 9.09 Å². The number of ether oxygens (including phenoxy) is 2. The van der Waals surface area contributed by atoms with Crippen molar-refractivity contribution in [1.29, 1.82) is 0 Å². The summed E-state index contributed by atoms with van der Waals surface area (Å²) in [7, 11) is -0.0458. The maximum Gasteiger partial charge on any atom is 0.300 e. The maximum absolute atomic E-state index is 13.6. The molecule has 3 aromatic rings. The normalized spacial score (nSPS) is 12.6. The van der Waals surface area contributed by atoms with Crippen molar-refractivity contribution in [2.75, 3.05) is 21.3 Å². The monoisotopic (exact) mass is 424 g/mol. The zero-order valence-electron chi connectivity index (χ0n) is 16.8. The van der Waals surface area contributed by atoms with E-state index in [0.717, 1.165) is 0 Å². The SMILES string of the molecule is COc1ccc(C(=O)c2ccccc2)c(OC)c1C(=O)P(=O)(OC)c1ccccc1. The van der Waals surface area contributed by atoms with E-state index in [9.17, 15) is 14.2 Å². The van der Waals surface area contributed by atoms with Crippen molar-refractivity contribution in [3.8, 4) is 11.5 Å². The first-order valence-corrected chi connectivity index (χ1v) is 10.7. The lowest BCUT2D eigenvalue weighted by Gasteiger charge is -2.20. The summed E-state index contributed by atoms with van der Waals surface area (Å²) in [5.74, 6) is -0.216. The molecule has 0 saturated heterocycles. The van der Waals surface area contributed by atoms with Gasteiger partial charge < -0.3 is 14.0 Å². The van der Waals surface area contributed by atoms with Crippen LogP contribution in [0.25, 0.3) is 0 Å². The van der Waals surface area contributed by atoms with E-state index in [1.165, 1.54) is 33.5 Å². The third-order valence-electron chi connectivity index (χ3n) is 4.66. The molecule has 0 aliphatic rings. The molecule has 0 spiro atoms. The van der Waals surface area contributed by atoms with Gasteiger partial charge in [0.2, 0.25) is 0 Å². The number of carbonyl (C=O) groups is 2. The molecule has 0 heterocycles. The van der Waals surface area contributed by atoms with E-state index in [-0.39, 0.29) is 33.7 Å². The molecule has 0 radical (unpaired) electrons. The molecule has 0 aliphatic heterocycles. The van der Waals surface area contributed by atoms with E-state index in [0.29, 0.717) is 5.56 Å². The van der Waals surface area contributed by atoms with E-state index < -0.39 is 12.9 Å². The zero-order valence-corrected chi connectivity index (χ0v) is 17.7. The van der Waals surface area contributed by atoms with Crippen LogP contribution in [0, 0.1) is 0 Å². The van der Waals surface area contributed by atoms with Gasteiger partial charge in [-0.15, -0.1) is 0 Å². The second-order valence-corrected chi connectivity index (χ2v) is 8.68. The van der Waals surface area contributed by atoms with Gasteiger partial charge in [0.25, 0.3) is 5.52 Å². The Hall–Kier alpha value is -3.21. The highest BCUT2D eigenvalue weighted by Gasteiger charge is 2.39. The number of ketones is 1. The lowest BCUT2D eigenvalue weighted by Crippen LogP contribution is -2.17. The number of benzene rings is 3. The van der Waals surface area contributed by atoms with Crippen molar-refractivity contribution >= 4 is 24.0 Å². The van der Waals surface area contributed by atoms with Crippen molar-refractivity contribution in [3.05, 3.63) is 89.5 Å². The van der Waals surface area contributed by atoms with Gasteiger partial charge in [0.05, 0.1) is 19.8 Å². The van der Waals surface area contributed by atoms with Crippen LogP contribution in [0.3, 0.4) is 0 Å². The highest BCUT2D eigenvalue weighted by Crippen LogP contribution is 2.52. The Balaban J connectivity index is 2.22. The van der Waals surface area contributed by atoms with Crippen LogP contribution in [0.2, 0.25) is 0 Å². The van der Waals surface area contributed by atoms with Gasteiger partial charge in [-0.05, 0) is 24.3 Å². The van der Waals surface area contributed by atoms with E-state index in [2.05, 4.69) is 0 Å². The molecule has 154 valence electrons. The second-order valence-electron chi connectivity index (χ2n) is 6.29. The first-order valence-electron chi connectivity index (χ1n) is 9.09. The van der Waals surface area contributed by atoms with Gasteiger partial charge in [-0.25, -0.2) is 0 Å². The summed E-state index contributed by atoms with van der Waals surface area (Å²) in [5, 5.41) is 0.237. The number of hydrogen-bond acceptors (Lipinski definition) is 6. The molecule has 3 rings (SSSR count). The van der Waals surface area contributed by atoms with Crippen molar-refractivity contribution in [2.45, 2.75) is 0 Å². The lowest BCUT2D eigenvalue weighted by molar-refractivity contribution is 0.103. The molecule has 6 nitrogen and oxygen atoms in total. The van der Waals surface area contributed by atoms with Gasteiger partial charge in [-0.1, -0.05) is 48.5 Å². The fraction of sp³-hybridized carbons (Fsp3) is 0.130. The third kappa shape index (κ3) is 3.80. The second kappa shape index (κ2) is 9.08. The Morgan fingerprint density at radius 2 is 1.37 bits per heavy atom. The minimum Gasteiger partial charge on any atom is -0.496 e. The third-order valence-corrected chi connectivity index (χ3v) is 6.91. The number of methoxy groups -OCH3 is 2. The smallest absolute Gasteiger partial charge is 0.300 e. The molecule has 3 aromatic carbocycles. The molecule has 0 saturated carbocycles. The molecule has 0 aromatic heterocycles. The molecular weight excluding hydrogens is 403 g/mol. The van der Waals surface area contributed by atoms with Gasteiger partial charge in [0.15, 0.2) is 5.78 Å². The van der Waals surface area contributed by atoms with Gasteiger partial charge in [-0.3, -0.25) is 14.2 Å². The maximum atomic E-state index is 13.6. The van der Waals surface area contributed by atoms with Gasteiger partial charge in [0.1, 0.15) is 17.1 Å². The Morgan fingerprint density at radius 3 is 1.90 bits per heavy atom. The van der Waals surface area contributed by atoms with E-state index >= 15 is 0 Å². The van der Waals surface area contributed by atoms with Gasteiger partial charge in [-0.2, -0.15) is 0 Å². The molecule has 1 atom stereocenters. The summed E-state index contributed by atoms with van der Waals surface area (Å²) in [6.07, 6.45) is 0. The molecule has 0 N–H and O–H groups in total. The lowest BCUT2D eigenvalue weighted by atomic mass is 9.99. The topological polar surface area (TPSA) is 78.9 Å². The predicted octanol–water partition coefficient (Wildman–Crippen LogP) is 4.33. The molecule has 7 heteroatoms. The molecule has 0 aliphatic carbocycles. The van der Waals surface area contributed by atoms with Crippen molar-refractivity contribution in [2.24, 2.45) is 0 Å². The van der Waals surface area contributed by atoms with Crippen LogP contribution < -0.4 is 14.8 Å². The predicted molar refractivity (Wildman–Crippen MR) is 114 cm³/mol. The van der Waals surface area contributed by atoms with Crippen LogP contribution in [0.5, 0.6) is 11.5 Å². The summed E-state index contributed by atoms with van der Waals surface area (Å²) in [6, 6.07) is 19.8. The van der Waals surface area contributed by atoms with E-state index in [1.54, 1.807) is 60.7 Å². The fourth-order valence-corrected chi connectivity index (χ4v) is 4.83. The van der Waals surface area contributed by atoms with E-state index in [4.69, 9.17) is 14.0 Å². The summed E-state index contributed by atoms with van der Waals surface area (Å²) >= 11 is 0. The Morgan fingerprint density at radius 1 is 0.767 bits per heavy atom. The first kappa shape index (κ1) is 21.5. The number of carbonyl (C=O) groups excluding carboxylic acids is 2. The minimum atomic E-state index is -3.98. The summed E-state index contributed by atoms with van der Waals surface area (Å²) < 4.78 is 29.6. The number of hydrogen-bond donors (Lipinski definition) is 0. The Bertz CT molecular complexity index is 1110. The first-order chi connectivity index (χ1) is 14.5. The van der Waals surface area contributed by atoms with Gasteiger partial charge in [0, 0.05) is 18.0 Å². The summed E-state index contributed by atoms with van der Waals surface area (Å²) in [5.41, 5.74) is -0.329. The largest absolute Gasteiger partial charge is 0.496 e. The van der Waals surface area contributed by atoms with Crippen molar-refractivity contribution in [3.63, 3.8) is 0 Å². The zero-order chi connectivity index (χ0) is 21.7. The van der Waals surface area contributed by atoms with Crippen molar-refractivity contribution < 1.29 is 28.2 Å². The minimum absolute atomic E-state index is 0.0126. The Kier molecular flexibility index (Phi) is 6.50. The standard InChI is InChI=1S/C23H21O6P/c1-27-19-15-14-18(21(24)16-10-6-4-7-11-16)22(28-2)20(19)23(25)30(26,29-3)17-12-8-5-9-13-17/h4-15H,1-3H3. The molecule has 0 bridgehead atoms. The molecule has 0 amide bonds. The average molecular weight is 424 g/mol. The molecular formula is C23H21O6P. The highest BCUT2D eigenvalue weighted by atomic mass is 31.2. The average Bonchev–Trinajstić information content (AvgIpc) is 2.82. The van der Waals surface area contributed by atoms with Crippen molar-refractivity contribution in [1.82, 2.24) is 0 Å². The number of rotatable bonds is 8. The molecule has 30 heavy (non-hydrogen) atoms. The van der Waals surface area contributed by atoms with Crippen LogP contribution in [-0.4, -0.2) is 32.6 Å². The highest BCUT2D eigenvalue weighted by molar-refractivity contribution is 7.83. The van der Waals surface area contributed by atoms with Crippen LogP contribution in [0.1, 0.15) is 26.3 Å². The van der Waals surface area contributed by atoms with Gasteiger partial charge >= 0.3 is 7.37 Å². The Labute approximate surface area is 174 Å². The van der Waals surface area contributed by atoms with Crippen LogP contribution in [0.4, 0.5) is 0 Å². The molecule has 1 unspecified atom stereocenters. The quantitative estimate of drug-likeness (QED) is 0.396. The summed E-state index contributed by atoms with van der Waals surface area (Å²) in [4.78, 5) is 26.6. The van der Waals surface area contributed by atoms with Crippen LogP contribution in [0.15, 0.2) is 72.8 Å². The summed E-state index contributed by atoms with van der Waals surface area (Å²) in [6.45, 7) is 0. The molecule has 0 fully saturated rings.